The molecule has 0 unspecified atom stereocenters. The van der Waals surface area contributed by atoms with Gasteiger partial charge in [-0.1, -0.05) is 20.8 Å². The van der Waals surface area contributed by atoms with Crippen molar-refractivity contribution in [1.82, 2.24) is 4.90 Å². The summed E-state index contributed by atoms with van der Waals surface area (Å²) in [5.41, 5.74) is -1.39. The summed E-state index contributed by atoms with van der Waals surface area (Å²) >= 11 is 0. The van der Waals surface area contributed by atoms with Crippen LogP contribution in [-0.2, 0) is 85.7 Å². The highest BCUT2D eigenvalue weighted by Crippen LogP contribution is 2.44. The third-order valence-electron chi connectivity index (χ3n) is 11.5. The molecule has 0 spiro atoms. The van der Waals surface area contributed by atoms with Crippen molar-refractivity contribution in [2.24, 2.45) is 17.8 Å². The fourth-order valence-corrected chi connectivity index (χ4v) is 8.87. The lowest BCUT2D eigenvalue weighted by atomic mass is 9.70. The van der Waals surface area contributed by atoms with Crippen LogP contribution in [0.4, 0.5) is 0 Å². The van der Waals surface area contributed by atoms with Gasteiger partial charge >= 0.3 is 35.8 Å². The Morgan fingerprint density at radius 2 is 1.44 bits per heavy atom. The van der Waals surface area contributed by atoms with E-state index in [1.807, 2.05) is 0 Å². The molecule has 1 N–H and O–H groups in total. The van der Waals surface area contributed by atoms with Crippen LogP contribution in [-0.4, -0.2) is 167 Å². The molecular weight excluding hydrogens is 834 g/mol. The van der Waals surface area contributed by atoms with E-state index in [-0.39, 0.29) is 32.1 Å². The Bertz CT molecular complexity index is 1520. The van der Waals surface area contributed by atoms with Crippen molar-refractivity contribution in [2.75, 3.05) is 35.4 Å². The maximum absolute atomic E-state index is 13.2. The molecule has 0 radical (unpaired) electrons. The van der Waals surface area contributed by atoms with Crippen LogP contribution in [0.2, 0.25) is 0 Å². The quantitative estimate of drug-likeness (QED) is 0.0599. The number of rotatable bonds is 25. The first kappa shape index (κ1) is 55.3. The summed E-state index contributed by atoms with van der Waals surface area (Å²) in [5.74, 6) is -7.03. The van der Waals surface area contributed by atoms with Gasteiger partial charge in [-0.05, 0) is 47.2 Å². The van der Waals surface area contributed by atoms with E-state index in [0.717, 1.165) is 0 Å². The van der Waals surface area contributed by atoms with Crippen LogP contribution in [0.5, 0.6) is 0 Å². The summed E-state index contributed by atoms with van der Waals surface area (Å²) in [6.45, 7) is 13.5. The second-order valence-corrected chi connectivity index (χ2v) is 16.7. The van der Waals surface area contributed by atoms with E-state index in [2.05, 4.69) is 0 Å². The molecule has 2 saturated heterocycles. The smallest absolute Gasteiger partial charge is 0.307 e. The zero-order valence-electron chi connectivity index (χ0n) is 39.2. The van der Waals surface area contributed by atoms with Crippen molar-refractivity contribution in [2.45, 2.75) is 180 Å². The standard InChI is InChI=1S/C43H71NO19/c1-15-32(51)60-29(19-31(49)50)39(55-14)36(28(18-34(53-12)54-13)17-22(3)30(21-45)58-25(6)46)40-41(59-26(7)47)37(44(10)11)38(23(4)57-40)62-35-20-43(9,63-27(8)48)42(24(5)56-35)61-33(52)16-2/h21-24,28-30,34-42H,15-20H2,1-14H3,(H,49,50)/t22-,23-,24+,28-,29-,30+,35-,36+,37+,38-,39-,40+,41-,42+,43-/m1/s1. The van der Waals surface area contributed by atoms with Gasteiger partial charge in [0.2, 0.25) is 0 Å². The number of hydrogen-bond acceptors (Lipinski definition) is 19. The molecule has 2 aliphatic heterocycles. The van der Waals surface area contributed by atoms with E-state index in [1.165, 1.54) is 42.1 Å². The number of esters is 5. The van der Waals surface area contributed by atoms with E-state index in [1.54, 1.807) is 60.5 Å². The van der Waals surface area contributed by atoms with Gasteiger partial charge in [-0.15, -0.1) is 0 Å². The molecule has 63 heavy (non-hydrogen) atoms. The zero-order valence-corrected chi connectivity index (χ0v) is 39.2. The van der Waals surface area contributed by atoms with Crippen molar-refractivity contribution < 1.29 is 90.8 Å². The molecule has 362 valence electrons. The maximum atomic E-state index is 13.2. The maximum Gasteiger partial charge on any atom is 0.307 e. The molecule has 0 aromatic rings. The average molecular weight is 906 g/mol. The normalized spacial score (nSPS) is 29.0. The van der Waals surface area contributed by atoms with Gasteiger partial charge in [0.1, 0.15) is 30.5 Å². The molecule has 0 aromatic heterocycles. The van der Waals surface area contributed by atoms with E-state index in [0.29, 0.717) is 6.29 Å². The summed E-state index contributed by atoms with van der Waals surface area (Å²) in [6, 6.07) is -0.851. The summed E-state index contributed by atoms with van der Waals surface area (Å²) in [4.78, 5) is 89.6. The Labute approximate surface area is 370 Å². The van der Waals surface area contributed by atoms with Crippen LogP contribution in [0, 0.1) is 17.8 Å². The number of likely N-dealkylation sites (N-methyl/N-ethyl adjacent to an activating group) is 1. The zero-order chi connectivity index (χ0) is 47.9. The van der Waals surface area contributed by atoms with Crippen molar-refractivity contribution >= 4 is 42.1 Å². The van der Waals surface area contributed by atoms with Crippen molar-refractivity contribution in [3.8, 4) is 0 Å². The van der Waals surface area contributed by atoms with Crippen LogP contribution in [0.25, 0.3) is 0 Å². The van der Waals surface area contributed by atoms with E-state index in [4.69, 9.17) is 52.1 Å². The number of methoxy groups -OCH3 is 3. The van der Waals surface area contributed by atoms with Gasteiger partial charge in [0.05, 0.1) is 24.7 Å². The molecule has 0 aromatic carbocycles. The summed E-state index contributed by atoms with van der Waals surface area (Å²) in [6.07, 6.45) is -12.1. The minimum Gasteiger partial charge on any atom is -0.481 e. The predicted octanol–water partition coefficient (Wildman–Crippen LogP) is 3.01. The van der Waals surface area contributed by atoms with Crippen LogP contribution >= 0.6 is 0 Å². The molecule has 2 aliphatic rings. The number of nitrogens with zero attached hydrogens (tertiary/aromatic N) is 1. The Balaban J connectivity index is 2.92. The number of carboxylic acids is 1. The van der Waals surface area contributed by atoms with Crippen molar-refractivity contribution in [1.29, 1.82) is 0 Å². The first-order valence-corrected chi connectivity index (χ1v) is 21.3. The van der Waals surface area contributed by atoms with Gasteiger partial charge in [0.15, 0.2) is 36.7 Å². The van der Waals surface area contributed by atoms with Gasteiger partial charge in [-0.2, -0.15) is 0 Å². The fourth-order valence-electron chi connectivity index (χ4n) is 8.87. The number of aliphatic carboxylic acids is 1. The highest BCUT2D eigenvalue weighted by atomic mass is 16.7. The largest absolute Gasteiger partial charge is 0.481 e. The number of carboxylic acid groups (broad SMARTS) is 1. The highest BCUT2D eigenvalue weighted by Gasteiger charge is 2.58. The molecule has 0 saturated carbocycles. The van der Waals surface area contributed by atoms with Crippen LogP contribution in [0.1, 0.15) is 101 Å². The summed E-state index contributed by atoms with van der Waals surface area (Å²) in [7, 11) is 7.63. The lowest BCUT2D eigenvalue weighted by molar-refractivity contribution is -0.320. The molecule has 15 atom stereocenters. The minimum atomic E-state index is -1.42. The highest BCUT2D eigenvalue weighted by molar-refractivity contribution is 5.72. The number of hydrogen-bond donors (Lipinski definition) is 1. The van der Waals surface area contributed by atoms with Crippen molar-refractivity contribution in [3.05, 3.63) is 0 Å². The minimum absolute atomic E-state index is 0.0505. The van der Waals surface area contributed by atoms with Gasteiger partial charge in [-0.3, -0.25) is 33.6 Å². The molecule has 0 amide bonds. The molecule has 2 heterocycles. The molecule has 0 aliphatic carbocycles. The third kappa shape index (κ3) is 15.7. The molecule has 2 fully saturated rings. The van der Waals surface area contributed by atoms with Crippen molar-refractivity contribution in [3.63, 3.8) is 0 Å². The van der Waals surface area contributed by atoms with Gasteiger partial charge in [-0.25, -0.2) is 0 Å². The number of carbonyl (C=O) groups is 7. The molecular formula is C43H71NO19. The molecule has 20 nitrogen and oxygen atoms in total. The number of aldehydes is 1. The fraction of sp³-hybridized carbons (Fsp3) is 0.837. The Kier molecular flexibility index (Phi) is 22.5. The SMILES string of the molecule is CCC(=O)O[C@H](CC(=O)O)[C@@H](OC)[C@H]([C@@H](CC(OC)OC)C[C@@H](C)[C@H](C=O)OC(C)=O)[C@@H]1O[C@H](C)[C@@H](O[C@@H]2C[C@@](C)(OC(C)=O)[C@@H](OC(=O)CC)[C@H](C)O2)[C@H](N(C)C)[C@H]1OC(C)=O. The van der Waals surface area contributed by atoms with E-state index < -0.39 is 139 Å². The lowest BCUT2D eigenvalue weighted by Crippen LogP contribution is -2.68. The average Bonchev–Trinajstić information content (AvgIpc) is 3.18. The van der Waals surface area contributed by atoms with Gasteiger partial charge in [0, 0.05) is 79.6 Å². The lowest BCUT2D eigenvalue weighted by Gasteiger charge is -2.53. The second-order valence-electron chi connectivity index (χ2n) is 16.7. The predicted molar refractivity (Wildman–Crippen MR) is 220 cm³/mol. The first-order valence-electron chi connectivity index (χ1n) is 21.3. The molecule has 2 rings (SSSR count). The van der Waals surface area contributed by atoms with Gasteiger partial charge in [0.25, 0.3) is 0 Å². The summed E-state index contributed by atoms with van der Waals surface area (Å²) in [5, 5.41) is 10.1. The first-order chi connectivity index (χ1) is 29.5. The Morgan fingerprint density at radius 3 is 1.92 bits per heavy atom. The summed E-state index contributed by atoms with van der Waals surface area (Å²) < 4.78 is 66.2. The van der Waals surface area contributed by atoms with Gasteiger partial charge < -0.3 is 62.1 Å². The number of carbonyl (C=O) groups excluding carboxylic acids is 6. The Morgan fingerprint density at radius 1 is 0.825 bits per heavy atom. The van der Waals surface area contributed by atoms with E-state index >= 15 is 0 Å². The second kappa shape index (κ2) is 25.6. The monoisotopic (exact) mass is 905 g/mol. The Hall–Kier alpha value is -3.79. The third-order valence-corrected chi connectivity index (χ3v) is 11.5. The van der Waals surface area contributed by atoms with Crippen LogP contribution in [0.15, 0.2) is 0 Å². The molecule has 0 bridgehead atoms. The topological polar surface area (TPSA) is 244 Å². The van der Waals surface area contributed by atoms with Crippen LogP contribution < -0.4 is 0 Å². The molecule has 20 heteroatoms. The van der Waals surface area contributed by atoms with Crippen LogP contribution in [0.3, 0.4) is 0 Å². The van der Waals surface area contributed by atoms with E-state index in [9.17, 15) is 38.7 Å². The number of ether oxygens (including phenoxy) is 11.